The van der Waals surface area contributed by atoms with Gasteiger partial charge in [0.15, 0.2) is 0 Å². The van der Waals surface area contributed by atoms with Gasteiger partial charge < -0.3 is 15.8 Å². The molecule has 0 saturated carbocycles. The van der Waals surface area contributed by atoms with Crippen LogP contribution in [0.4, 0.5) is 4.79 Å². The van der Waals surface area contributed by atoms with E-state index in [-0.39, 0.29) is 6.54 Å². The minimum Gasteiger partial charge on any atom is -0.383 e. The molecule has 2 rings (SSSR count). The van der Waals surface area contributed by atoms with Crippen molar-refractivity contribution in [2.24, 2.45) is 5.73 Å². The number of benzene rings is 1. The zero-order valence-corrected chi connectivity index (χ0v) is 13.6. The number of nitrogens with two attached hydrogens (primary N) is 1. The van der Waals surface area contributed by atoms with Crippen LogP contribution >= 0.6 is 0 Å². The lowest BCUT2D eigenvalue weighted by atomic mass is 9.93. The predicted molar refractivity (Wildman–Crippen MR) is 87.0 cm³/mol. The van der Waals surface area contributed by atoms with Crippen molar-refractivity contribution in [2.75, 3.05) is 26.8 Å². The molecule has 0 radical (unpaired) electrons. The highest BCUT2D eigenvalue weighted by Crippen LogP contribution is 2.22. The normalized spacial score (nSPS) is 17.0. The molecule has 1 aliphatic rings. The monoisotopic (exact) mass is 334 g/mol. The van der Waals surface area contributed by atoms with E-state index in [0.29, 0.717) is 26.1 Å². The van der Waals surface area contributed by atoms with E-state index in [0.717, 1.165) is 11.1 Å². The number of primary amides is 1. The summed E-state index contributed by atoms with van der Waals surface area (Å²) in [5, 5.41) is 4.73. The number of hydrogen-bond acceptors (Lipinski definition) is 5. The van der Waals surface area contributed by atoms with Crippen molar-refractivity contribution >= 4 is 17.8 Å². The average Bonchev–Trinajstić information content (AvgIpc) is 2.54. The van der Waals surface area contributed by atoms with Crippen LogP contribution in [-0.2, 0) is 27.3 Å². The lowest BCUT2D eigenvalue weighted by molar-refractivity contribution is -0.127. The van der Waals surface area contributed by atoms with Crippen LogP contribution in [0.2, 0.25) is 0 Å². The predicted octanol–water partition coefficient (Wildman–Crippen LogP) is -0.629. The van der Waals surface area contributed by atoms with E-state index in [1.165, 1.54) is 7.11 Å². The summed E-state index contributed by atoms with van der Waals surface area (Å²) in [6.07, 6.45) is 0.457. The molecule has 1 heterocycles. The van der Waals surface area contributed by atoms with Gasteiger partial charge in [-0.15, -0.1) is 0 Å². The maximum absolute atomic E-state index is 12.0. The molecule has 1 unspecified atom stereocenters. The smallest absolute Gasteiger partial charge is 0.321 e. The number of carbonyl (C=O) groups is 3. The van der Waals surface area contributed by atoms with Crippen LogP contribution in [0.1, 0.15) is 11.1 Å². The van der Waals surface area contributed by atoms with E-state index in [1.807, 2.05) is 24.3 Å². The number of urea groups is 1. The Balaban J connectivity index is 1.95. The van der Waals surface area contributed by atoms with Gasteiger partial charge in [0.2, 0.25) is 11.8 Å². The standard InChI is InChI=1S/C16H22N4O4/c1-24-7-6-18-16(23)19-14(21)10-20-9-12-5-3-2-4-11(12)8-13(20)15(17)22/h2-5,13H,6-10H2,1H3,(H2,17,22)(H2,18,19,21,23). The Morgan fingerprint density at radius 3 is 2.67 bits per heavy atom. The molecule has 0 fully saturated rings. The minimum absolute atomic E-state index is 0.0837. The summed E-state index contributed by atoms with van der Waals surface area (Å²) >= 11 is 0. The molecule has 1 aromatic rings. The highest BCUT2D eigenvalue weighted by Gasteiger charge is 2.31. The van der Waals surface area contributed by atoms with Crippen LogP contribution in [0, 0.1) is 0 Å². The molecule has 1 atom stereocenters. The number of hydrogen-bond donors (Lipinski definition) is 3. The van der Waals surface area contributed by atoms with Gasteiger partial charge in [-0.2, -0.15) is 0 Å². The second kappa shape index (κ2) is 8.42. The maximum Gasteiger partial charge on any atom is 0.321 e. The van der Waals surface area contributed by atoms with Gasteiger partial charge in [-0.05, 0) is 17.5 Å². The molecule has 8 nitrogen and oxygen atoms in total. The number of rotatable bonds is 6. The van der Waals surface area contributed by atoms with Gasteiger partial charge in [0.05, 0.1) is 19.2 Å². The molecule has 4 N–H and O–H groups in total. The molecule has 0 aromatic heterocycles. The fourth-order valence-electron chi connectivity index (χ4n) is 2.69. The number of carbonyl (C=O) groups excluding carboxylic acids is 3. The number of nitrogens with one attached hydrogen (secondary N) is 2. The quantitative estimate of drug-likeness (QED) is 0.600. The van der Waals surface area contributed by atoms with Gasteiger partial charge in [-0.3, -0.25) is 19.8 Å². The Morgan fingerprint density at radius 2 is 2.00 bits per heavy atom. The van der Waals surface area contributed by atoms with E-state index >= 15 is 0 Å². The van der Waals surface area contributed by atoms with Crippen LogP contribution < -0.4 is 16.4 Å². The lowest BCUT2D eigenvalue weighted by Crippen LogP contribution is -2.53. The highest BCUT2D eigenvalue weighted by molar-refractivity contribution is 5.95. The van der Waals surface area contributed by atoms with Crippen molar-refractivity contribution in [3.8, 4) is 0 Å². The molecule has 8 heteroatoms. The van der Waals surface area contributed by atoms with Crippen LogP contribution in [0.3, 0.4) is 0 Å². The molecule has 0 aliphatic carbocycles. The zero-order valence-electron chi connectivity index (χ0n) is 13.6. The Bertz CT molecular complexity index is 620. The van der Waals surface area contributed by atoms with Crippen molar-refractivity contribution < 1.29 is 19.1 Å². The molecule has 24 heavy (non-hydrogen) atoms. The van der Waals surface area contributed by atoms with E-state index in [1.54, 1.807) is 4.90 Å². The summed E-state index contributed by atoms with van der Waals surface area (Å²) < 4.78 is 4.81. The summed E-state index contributed by atoms with van der Waals surface area (Å²) in [6.45, 7) is 1.01. The SMILES string of the molecule is COCCNC(=O)NC(=O)CN1Cc2ccccc2CC1C(N)=O. The Hall–Kier alpha value is -2.45. The molecule has 0 saturated heterocycles. The molecule has 1 aliphatic heterocycles. The first-order valence-corrected chi connectivity index (χ1v) is 7.68. The summed E-state index contributed by atoms with van der Waals surface area (Å²) in [4.78, 5) is 37.0. The van der Waals surface area contributed by atoms with Gasteiger partial charge in [-0.1, -0.05) is 24.3 Å². The fraction of sp³-hybridized carbons (Fsp3) is 0.438. The van der Waals surface area contributed by atoms with Crippen LogP contribution in [0.25, 0.3) is 0 Å². The van der Waals surface area contributed by atoms with E-state index in [2.05, 4.69) is 10.6 Å². The van der Waals surface area contributed by atoms with Crippen molar-refractivity contribution in [1.29, 1.82) is 0 Å². The third-order valence-electron chi connectivity index (χ3n) is 3.87. The van der Waals surface area contributed by atoms with E-state index in [9.17, 15) is 14.4 Å². The lowest BCUT2D eigenvalue weighted by Gasteiger charge is -2.34. The highest BCUT2D eigenvalue weighted by atomic mass is 16.5. The molecule has 1 aromatic carbocycles. The first kappa shape index (κ1) is 17.9. The van der Waals surface area contributed by atoms with Gasteiger partial charge in [0.1, 0.15) is 0 Å². The number of nitrogens with zero attached hydrogens (tertiary/aromatic N) is 1. The molecular weight excluding hydrogens is 312 g/mol. The third-order valence-corrected chi connectivity index (χ3v) is 3.87. The zero-order chi connectivity index (χ0) is 17.5. The first-order chi connectivity index (χ1) is 11.5. The molecule has 130 valence electrons. The second-order valence-electron chi connectivity index (χ2n) is 5.59. The van der Waals surface area contributed by atoms with Gasteiger partial charge in [0.25, 0.3) is 0 Å². The number of imide groups is 1. The average molecular weight is 334 g/mol. The van der Waals surface area contributed by atoms with Gasteiger partial charge in [0, 0.05) is 20.2 Å². The third kappa shape index (κ3) is 4.77. The number of fused-ring (bicyclic) bond motifs is 1. The first-order valence-electron chi connectivity index (χ1n) is 7.68. The van der Waals surface area contributed by atoms with Crippen molar-refractivity contribution in [3.63, 3.8) is 0 Å². The second-order valence-corrected chi connectivity index (χ2v) is 5.59. The fourth-order valence-corrected chi connectivity index (χ4v) is 2.69. The molecular formula is C16H22N4O4. The maximum atomic E-state index is 12.0. The largest absolute Gasteiger partial charge is 0.383 e. The molecule has 4 amide bonds. The minimum atomic E-state index is -0.593. The van der Waals surface area contributed by atoms with E-state index in [4.69, 9.17) is 10.5 Å². The van der Waals surface area contributed by atoms with Crippen LogP contribution in [-0.4, -0.2) is 55.6 Å². The van der Waals surface area contributed by atoms with Gasteiger partial charge in [-0.25, -0.2) is 4.79 Å². The van der Waals surface area contributed by atoms with Gasteiger partial charge >= 0.3 is 6.03 Å². The number of ether oxygens (including phenoxy) is 1. The molecule has 0 bridgehead atoms. The summed E-state index contributed by atoms with van der Waals surface area (Å²) in [6, 6.07) is 6.56. The number of methoxy groups -OCH3 is 1. The topological polar surface area (TPSA) is 114 Å². The summed E-state index contributed by atoms with van der Waals surface area (Å²) in [5.74, 6) is -0.975. The van der Waals surface area contributed by atoms with E-state index < -0.39 is 23.9 Å². The summed E-state index contributed by atoms with van der Waals surface area (Å²) in [5.41, 5.74) is 7.57. The van der Waals surface area contributed by atoms with Crippen molar-refractivity contribution in [3.05, 3.63) is 35.4 Å². The Morgan fingerprint density at radius 1 is 1.29 bits per heavy atom. The van der Waals surface area contributed by atoms with Crippen molar-refractivity contribution in [2.45, 2.75) is 19.0 Å². The van der Waals surface area contributed by atoms with Crippen LogP contribution in [0.5, 0.6) is 0 Å². The number of amides is 4. The Labute approximate surface area is 140 Å². The summed E-state index contributed by atoms with van der Waals surface area (Å²) in [7, 11) is 1.52. The Kier molecular flexibility index (Phi) is 6.28. The van der Waals surface area contributed by atoms with Crippen molar-refractivity contribution in [1.82, 2.24) is 15.5 Å². The molecule has 0 spiro atoms. The van der Waals surface area contributed by atoms with Crippen LogP contribution in [0.15, 0.2) is 24.3 Å².